The predicted octanol–water partition coefficient (Wildman–Crippen LogP) is -0.929. The summed E-state index contributed by atoms with van der Waals surface area (Å²) in [6, 6.07) is 0. The molecule has 1 saturated heterocycles. The smallest absolute Gasteiger partial charge is 0.330 e. The van der Waals surface area contributed by atoms with Crippen LogP contribution in [0.25, 0.3) is 0 Å². The number of nitrogens with zero attached hydrogens (tertiary/aromatic N) is 1. The molecule has 2 rings (SSSR count). The minimum atomic E-state index is -0.611. The molecule has 106 valence electrons. The summed E-state index contributed by atoms with van der Waals surface area (Å²) in [4.78, 5) is 34.8. The molecule has 0 radical (unpaired) electrons. The summed E-state index contributed by atoms with van der Waals surface area (Å²) in [6.07, 6.45) is 0.100. The van der Waals surface area contributed by atoms with Crippen LogP contribution >= 0.6 is 0 Å². The molecular weight excluding hydrogens is 256 g/mol. The highest BCUT2D eigenvalue weighted by atomic mass is 17.2. The van der Waals surface area contributed by atoms with Gasteiger partial charge in [-0.1, -0.05) is 0 Å². The number of hydrogen-bond acceptors (Lipinski definition) is 6. The van der Waals surface area contributed by atoms with Gasteiger partial charge in [-0.2, -0.15) is 0 Å². The summed E-state index contributed by atoms with van der Waals surface area (Å²) in [5.74, 6) is 0. The normalized spacial score (nSPS) is 26.8. The fraction of sp³-hybridized carbons (Fsp3) is 0.636. The third-order valence-electron chi connectivity index (χ3n) is 3.04. The van der Waals surface area contributed by atoms with Gasteiger partial charge in [0, 0.05) is 18.2 Å². The van der Waals surface area contributed by atoms with E-state index in [1.54, 1.807) is 6.92 Å². The second-order valence-electron chi connectivity index (χ2n) is 4.33. The molecule has 0 aromatic carbocycles. The van der Waals surface area contributed by atoms with Gasteiger partial charge < -0.3 is 9.84 Å². The number of aromatic nitrogens is 2. The fourth-order valence-corrected chi connectivity index (χ4v) is 2.06. The lowest BCUT2D eigenvalue weighted by atomic mass is 10.2. The number of aliphatic hydroxyl groups excluding tert-OH is 1. The first-order valence-corrected chi connectivity index (χ1v) is 5.84. The molecule has 2 heterocycles. The summed E-state index contributed by atoms with van der Waals surface area (Å²) in [5, 5.41) is 9.19. The summed E-state index contributed by atoms with van der Waals surface area (Å²) in [5.41, 5.74) is -0.585. The van der Waals surface area contributed by atoms with Crippen LogP contribution in [0.2, 0.25) is 0 Å². The van der Waals surface area contributed by atoms with Crippen LogP contribution in [0.3, 0.4) is 0 Å². The van der Waals surface area contributed by atoms with Crippen molar-refractivity contribution in [3.63, 3.8) is 0 Å². The molecule has 2 N–H and O–H groups in total. The molecule has 0 bridgehead atoms. The van der Waals surface area contributed by atoms with Gasteiger partial charge >= 0.3 is 5.69 Å². The van der Waals surface area contributed by atoms with Crippen molar-refractivity contribution in [2.75, 3.05) is 13.7 Å². The maximum Gasteiger partial charge on any atom is 0.330 e. The quantitative estimate of drug-likeness (QED) is 0.542. The van der Waals surface area contributed by atoms with Crippen LogP contribution in [0.5, 0.6) is 0 Å². The third kappa shape index (κ3) is 2.76. The number of rotatable bonds is 4. The van der Waals surface area contributed by atoms with Crippen molar-refractivity contribution in [3.8, 4) is 0 Å². The Morgan fingerprint density at radius 2 is 2.32 bits per heavy atom. The van der Waals surface area contributed by atoms with E-state index in [1.165, 1.54) is 17.9 Å². The Morgan fingerprint density at radius 3 is 2.95 bits per heavy atom. The topological polar surface area (TPSA) is 103 Å². The Kier molecular flexibility index (Phi) is 4.15. The minimum Gasteiger partial charge on any atom is -0.394 e. The summed E-state index contributed by atoms with van der Waals surface area (Å²) in [7, 11) is 1.36. The average Bonchev–Trinajstić information content (AvgIpc) is 2.77. The van der Waals surface area contributed by atoms with E-state index in [9.17, 15) is 14.7 Å². The van der Waals surface area contributed by atoms with Crippen molar-refractivity contribution in [2.45, 2.75) is 31.8 Å². The van der Waals surface area contributed by atoms with Crippen molar-refractivity contribution in [1.29, 1.82) is 0 Å². The number of H-pyrrole nitrogens is 1. The van der Waals surface area contributed by atoms with Gasteiger partial charge in [-0.05, 0) is 6.92 Å². The van der Waals surface area contributed by atoms with Crippen LogP contribution < -0.4 is 11.2 Å². The molecule has 8 heteroatoms. The largest absolute Gasteiger partial charge is 0.394 e. The minimum absolute atomic E-state index is 0.248. The van der Waals surface area contributed by atoms with Crippen molar-refractivity contribution in [2.24, 2.45) is 0 Å². The first-order chi connectivity index (χ1) is 9.06. The lowest BCUT2D eigenvalue weighted by Gasteiger charge is -2.14. The van der Waals surface area contributed by atoms with Crippen LogP contribution in [0, 0.1) is 6.92 Å². The maximum absolute atomic E-state index is 11.7. The Balaban J connectivity index is 2.27. The van der Waals surface area contributed by atoms with Gasteiger partial charge in [-0.15, -0.1) is 0 Å². The Morgan fingerprint density at radius 1 is 1.58 bits per heavy atom. The molecule has 1 aromatic heterocycles. The second kappa shape index (κ2) is 5.66. The van der Waals surface area contributed by atoms with Gasteiger partial charge in [0.15, 0.2) is 0 Å². The molecule has 0 aliphatic carbocycles. The highest BCUT2D eigenvalue weighted by Gasteiger charge is 2.38. The zero-order chi connectivity index (χ0) is 14.0. The van der Waals surface area contributed by atoms with Crippen LogP contribution in [-0.2, 0) is 14.5 Å². The molecule has 1 aromatic rings. The van der Waals surface area contributed by atoms with Crippen molar-refractivity contribution < 1.29 is 19.6 Å². The second-order valence-corrected chi connectivity index (χ2v) is 4.33. The Hall–Kier alpha value is -1.48. The zero-order valence-electron chi connectivity index (χ0n) is 10.7. The molecule has 1 fully saturated rings. The summed E-state index contributed by atoms with van der Waals surface area (Å²) >= 11 is 0. The maximum atomic E-state index is 11.7. The van der Waals surface area contributed by atoms with Gasteiger partial charge in [0.1, 0.15) is 18.4 Å². The molecule has 3 atom stereocenters. The van der Waals surface area contributed by atoms with E-state index in [0.29, 0.717) is 12.0 Å². The fourth-order valence-electron chi connectivity index (χ4n) is 2.06. The molecule has 1 unspecified atom stereocenters. The van der Waals surface area contributed by atoms with E-state index in [2.05, 4.69) is 9.87 Å². The molecule has 0 saturated carbocycles. The monoisotopic (exact) mass is 272 g/mol. The number of hydrogen-bond donors (Lipinski definition) is 2. The highest BCUT2D eigenvalue weighted by Crippen LogP contribution is 2.29. The first-order valence-electron chi connectivity index (χ1n) is 5.84. The van der Waals surface area contributed by atoms with Crippen LogP contribution in [0.15, 0.2) is 15.8 Å². The van der Waals surface area contributed by atoms with E-state index in [4.69, 9.17) is 9.62 Å². The zero-order valence-corrected chi connectivity index (χ0v) is 10.7. The van der Waals surface area contributed by atoms with E-state index in [-0.39, 0.29) is 6.61 Å². The van der Waals surface area contributed by atoms with Gasteiger partial charge in [0.05, 0.1) is 13.7 Å². The Labute approximate surface area is 108 Å². The van der Waals surface area contributed by atoms with Crippen molar-refractivity contribution >= 4 is 0 Å². The van der Waals surface area contributed by atoms with E-state index >= 15 is 0 Å². The van der Waals surface area contributed by atoms with Crippen LogP contribution in [0.4, 0.5) is 0 Å². The van der Waals surface area contributed by atoms with Crippen LogP contribution in [-0.4, -0.2) is 40.6 Å². The lowest BCUT2D eigenvalue weighted by molar-refractivity contribution is -0.312. The molecule has 8 nitrogen and oxygen atoms in total. The molecule has 1 aliphatic heterocycles. The molecular formula is C11H16N2O6. The molecule has 1 aliphatic rings. The van der Waals surface area contributed by atoms with Gasteiger partial charge in [0.2, 0.25) is 0 Å². The molecule has 0 spiro atoms. The number of ether oxygens (including phenoxy) is 1. The van der Waals surface area contributed by atoms with Gasteiger partial charge in [0.25, 0.3) is 5.56 Å². The van der Waals surface area contributed by atoms with Crippen molar-refractivity contribution in [1.82, 2.24) is 9.55 Å². The number of aryl methyl sites for hydroxylation is 1. The van der Waals surface area contributed by atoms with Gasteiger partial charge in [-0.25, -0.2) is 14.6 Å². The third-order valence-corrected chi connectivity index (χ3v) is 3.04. The predicted molar refractivity (Wildman–Crippen MR) is 63.6 cm³/mol. The average molecular weight is 272 g/mol. The standard InChI is InChI=1S/C11H16N2O6/c1-6-4-13(11(16)12-10(6)15)9-3-7(19-17-2)8(5-14)18-9/h4,7-9,14H,3,5H2,1-2H3,(H,12,15,16)/t7?,8-,9-/m1/s1. The molecule has 0 amide bonds. The van der Waals surface area contributed by atoms with E-state index in [0.717, 1.165) is 0 Å². The Bertz CT molecular complexity index is 551. The number of aromatic amines is 1. The SMILES string of the molecule is COOC1C[C@H](n2cc(C)c(=O)[nH]c2=O)O[C@@H]1CO. The molecule has 19 heavy (non-hydrogen) atoms. The van der Waals surface area contributed by atoms with Gasteiger partial charge in [-0.3, -0.25) is 14.3 Å². The van der Waals surface area contributed by atoms with E-state index in [1.807, 2.05) is 0 Å². The summed E-state index contributed by atoms with van der Waals surface area (Å²) < 4.78 is 6.80. The number of aliphatic hydroxyl groups is 1. The van der Waals surface area contributed by atoms with Crippen LogP contribution in [0.1, 0.15) is 18.2 Å². The van der Waals surface area contributed by atoms with E-state index < -0.39 is 29.7 Å². The first kappa shape index (κ1) is 13.9. The summed E-state index contributed by atoms with van der Waals surface area (Å²) in [6.45, 7) is 1.35. The lowest BCUT2D eigenvalue weighted by Crippen LogP contribution is -2.33. The van der Waals surface area contributed by atoms with Crippen molar-refractivity contribution in [3.05, 3.63) is 32.6 Å². The number of nitrogens with one attached hydrogen (secondary N) is 1. The highest BCUT2D eigenvalue weighted by molar-refractivity contribution is 5.02.